The average molecular weight is 288 g/mol. The molecule has 0 radical (unpaired) electrons. The van der Waals surface area contributed by atoms with E-state index < -0.39 is 11.9 Å². The van der Waals surface area contributed by atoms with Crippen molar-refractivity contribution in [2.75, 3.05) is 5.32 Å². The maximum Gasteiger partial charge on any atom is 0.335 e. The fourth-order valence-electron chi connectivity index (χ4n) is 1.75. The number of anilines is 1. The van der Waals surface area contributed by atoms with Gasteiger partial charge in [0, 0.05) is 11.6 Å². The molecule has 1 aromatic carbocycles. The molecule has 2 aromatic rings. The lowest BCUT2D eigenvalue weighted by molar-refractivity contribution is 0.0696. The Labute approximate surface area is 121 Å². The van der Waals surface area contributed by atoms with E-state index in [2.05, 4.69) is 20.5 Å². The quantitative estimate of drug-likeness (QED) is 0.799. The number of hydrogen-bond donors (Lipinski definition) is 3. The maximum absolute atomic E-state index is 12.0. The predicted octanol–water partition coefficient (Wildman–Crippen LogP) is 2.19. The Morgan fingerprint density at radius 1 is 1.33 bits per heavy atom. The second-order valence-corrected chi connectivity index (χ2v) is 4.99. The van der Waals surface area contributed by atoms with Crippen molar-refractivity contribution in [3.8, 4) is 0 Å². The molecule has 1 aromatic heterocycles. The summed E-state index contributed by atoms with van der Waals surface area (Å²) >= 11 is 0. The fourth-order valence-corrected chi connectivity index (χ4v) is 1.75. The number of carbonyl (C=O) groups is 2. The summed E-state index contributed by atoms with van der Waals surface area (Å²) < 4.78 is 0. The molecule has 3 N–H and O–H groups in total. The largest absolute Gasteiger partial charge is 0.478 e. The van der Waals surface area contributed by atoms with E-state index in [0.29, 0.717) is 17.1 Å². The highest BCUT2D eigenvalue weighted by Crippen LogP contribution is 2.17. The molecule has 0 atom stereocenters. The summed E-state index contributed by atoms with van der Waals surface area (Å²) in [5, 5.41) is 18.1. The Hall–Kier alpha value is -2.70. The molecule has 0 saturated heterocycles. The summed E-state index contributed by atoms with van der Waals surface area (Å²) in [6.45, 7) is 5.60. The normalized spacial score (nSPS) is 10.7. The number of H-pyrrole nitrogens is 1. The number of amides is 1. The molecule has 7 heteroatoms. The van der Waals surface area contributed by atoms with Crippen molar-refractivity contribution in [1.82, 2.24) is 15.2 Å². The van der Waals surface area contributed by atoms with Crippen LogP contribution >= 0.6 is 0 Å². The van der Waals surface area contributed by atoms with Gasteiger partial charge < -0.3 is 10.4 Å². The molecule has 7 nitrogen and oxygen atoms in total. The first-order chi connectivity index (χ1) is 9.88. The summed E-state index contributed by atoms with van der Waals surface area (Å²) in [6, 6.07) is 4.48. The summed E-state index contributed by atoms with van der Waals surface area (Å²) in [5.74, 6) is -0.606. The van der Waals surface area contributed by atoms with Crippen LogP contribution in [0.25, 0.3) is 0 Å². The second kappa shape index (κ2) is 5.74. The Morgan fingerprint density at radius 2 is 2.05 bits per heavy atom. The first-order valence-electron chi connectivity index (χ1n) is 6.46. The van der Waals surface area contributed by atoms with Gasteiger partial charge in [0.25, 0.3) is 5.91 Å². The van der Waals surface area contributed by atoms with Crippen LogP contribution in [0.5, 0.6) is 0 Å². The van der Waals surface area contributed by atoms with Crippen LogP contribution in [-0.2, 0) is 0 Å². The lowest BCUT2D eigenvalue weighted by Gasteiger charge is -2.07. The number of aromatic carboxylic acids is 1. The van der Waals surface area contributed by atoms with Crippen LogP contribution in [0.15, 0.2) is 18.2 Å². The topological polar surface area (TPSA) is 108 Å². The number of aromatic nitrogens is 3. The molecule has 1 amide bonds. The van der Waals surface area contributed by atoms with Crippen LogP contribution in [0.1, 0.15) is 52.1 Å². The van der Waals surface area contributed by atoms with Gasteiger partial charge in [0.05, 0.1) is 5.56 Å². The lowest BCUT2D eigenvalue weighted by Crippen LogP contribution is -2.15. The van der Waals surface area contributed by atoms with Gasteiger partial charge in [0.1, 0.15) is 5.82 Å². The molecule has 0 aliphatic rings. The van der Waals surface area contributed by atoms with Crippen LogP contribution < -0.4 is 5.32 Å². The van der Waals surface area contributed by atoms with Gasteiger partial charge in [-0.2, -0.15) is 0 Å². The molecule has 0 saturated carbocycles. The third-order valence-corrected chi connectivity index (χ3v) is 2.97. The summed E-state index contributed by atoms with van der Waals surface area (Å²) in [4.78, 5) is 27.0. The summed E-state index contributed by atoms with van der Waals surface area (Å²) in [6.07, 6.45) is 0. The van der Waals surface area contributed by atoms with Crippen LogP contribution in [0.2, 0.25) is 0 Å². The number of aromatic amines is 1. The van der Waals surface area contributed by atoms with Gasteiger partial charge >= 0.3 is 5.97 Å². The monoisotopic (exact) mass is 288 g/mol. The van der Waals surface area contributed by atoms with Crippen molar-refractivity contribution in [2.24, 2.45) is 0 Å². The number of rotatable bonds is 4. The van der Waals surface area contributed by atoms with Gasteiger partial charge in [-0.05, 0) is 30.7 Å². The molecule has 21 heavy (non-hydrogen) atoms. The number of nitrogens with one attached hydrogen (secondary N) is 2. The van der Waals surface area contributed by atoms with Gasteiger partial charge in [-0.15, -0.1) is 5.10 Å². The molecule has 2 rings (SSSR count). The fraction of sp³-hybridized carbons (Fsp3) is 0.286. The van der Waals surface area contributed by atoms with Gasteiger partial charge in [-0.25, -0.2) is 9.78 Å². The SMILES string of the molecule is Cc1cc(C(=O)O)ccc1NC(=O)c1n[nH]c(C(C)C)n1. The van der Waals surface area contributed by atoms with E-state index in [4.69, 9.17) is 5.11 Å². The zero-order valence-corrected chi connectivity index (χ0v) is 12.0. The number of benzene rings is 1. The van der Waals surface area contributed by atoms with E-state index in [9.17, 15) is 9.59 Å². The number of nitrogens with zero attached hydrogens (tertiary/aromatic N) is 2. The Morgan fingerprint density at radius 3 is 2.57 bits per heavy atom. The molecule has 1 heterocycles. The van der Waals surface area contributed by atoms with E-state index in [1.165, 1.54) is 12.1 Å². The zero-order chi connectivity index (χ0) is 15.6. The summed E-state index contributed by atoms with van der Waals surface area (Å²) in [5.41, 5.74) is 1.36. The van der Waals surface area contributed by atoms with Crippen molar-refractivity contribution >= 4 is 17.6 Å². The van der Waals surface area contributed by atoms with Gasteiger partial charge in [0.2, 0.25) is 5.82 Å². The van der Waals surface area contributed by atoms with Gasteiger partial charge in [0.15, 0.2) is 0 Å². The number of aryl methyl sites for hydroxylation is 1. The van der Waals surface area contributed by atoms with E-state index in [0.717, 1.165) is 0 Å². The Balaban J connectivity index is 2.17. The van der Waals surface area contributed by atoms with E-state index in [1.807, 2.05) is 13.8 Å². The minimum atomic E-state index is -1.01. The van der Waals surface area contributed by atoms with E-state index >= 15 is 0 Å². The van der Waals surface area contributed by atoms with Crippen molar-refractivity contribution in [3.05, 3.63) is 41.0 Å². The van der Waals surface area contributed by atoms with Crippen LogP contribution in [-0.4, -0.2) is 32.2 Å². The number of carboxylic acids is 1. The second-order valence-electron chi connectivity index (χ2n) is 4.99. The van der Waals surface area contributed by atoms with Crippen molar-refractivity contribution < 1.29 is 14.7 Å². The standard InChI is InChI=1S/C14H16N4O3/c1-7(2)11-16-12(18-17-11)13(19)15-10-5-4-9(14(20)21)6-8(10)3/h4-7H,1-3H3,(H,15,19)(H,20,21)(H,16,17,18). The molecular weight excluding hydrogens is 272 g/mol. The molecule has 0 aliphatic carbocycles. The van der Waals surface area contributed by atoms with Crippen molar-refractivity contribution in [2.45, 2.75) is 26.7 Å². The minimum Gasteiger partial charge on any atom is -0.478 e. The van der Waals surface area contributed by atoms with E-state index in [-0.39, 0.29) is 17.3 Å². The highest BCUT2D eigenvalue weighted by Gasteiger charge is 2.15. The first kappa shape index (κ1) is 14.7. The van der Waals surface area contributed by atoms with Crippen LogP contribution in [0.4, 0.5) is 5.69 Å². The zero-order valence-electron chi connectivity index (χ0n) is 12.0. The number of hydrogen-bond acceptors (Lipinski definition) is 4. The van der Waals surface area contributed by atoms with E-state index in [1.54, 1.807) is 13.0 Å². The number of carboxylic acid groups (broad SMARTS) is 1. The van der Waals surface area contributed by atoms with Crippen molar-refractivity contribution in [1.29, 1.82) is 0 Å². The minimum absolute atomic E-state index is 0.0559. The average Bonchev–Trinajstić information content (AvgIpc) is 2.90. The van der Waals surface area contributed by atoms with Gasteiger partial charge in [-0.1, -0.05) is 13.8 Å². The Bertz CT molecular complexity index is 691. The number of carbonyl (C=O) groups excluding carboxylic acids is 1. The molecular formula is C14H16N4O3. The van der Waals surface area contributed by atoms with Gasteiger partial charge in [-0.3, -0.25) is 9.89 Å². The molecule has 110 valence electrons. The Kier molecular flexibility index (Phi) is 4.02. The van der Waals surface area contributed by atoms with Crippen LogP contribution in [0.3, 0.4) is 0 Å². The smallest absolute Gasteiger partial charge is 0.335 e. The predicted molar refractivity (Wildman–Crippen MR) is 76.6 cm³/mol. The molecule has 0 spiro atoms. The highest BCUT2D eigenvalue weighted by atomic mass is 16.4. The molecule has 0 aliphatic heterocycles. The molecule has 0 bridgehead atoms. The third-order valence-electron chi connectivity index (χ3n) is 2.97. The first-order valence-corrected chi connectivity index (χ1v) is 6.46. The highest BCUT2D eigenvalue weighted by molar-refractivity contribution is 6.02. The third kappa shape index (κ3) is 3.25. The maximum atomic E-state index is 12.0. The van der Waals surface area contributed by atoms with Crippen LogP contribution in [0, 0.1) is 6.92 Å². The molecule has 0 fully saturated rings. The molecule has 0 unspecified atom stereocenters. The lowest BCUT2D eigenvalue weighted by atomic mass is 10.1. The van der Waals surface area contributed by atoms with Crippen molar-refractivity contribution in [3.63, 3.8) is 0 Å². The summed E-state index contributed by atoms with van der Waals surface area (Å²) in [7, 11) is 0.